The van der Waals surface area contributed by atoms with Gasteiger partial charge in [-0.15, -0.1) is 0 Å². The van der Waals surface area contributed by atoms with E-state index < -0.39 is 5.54 Å². The molecule has 2 atom stereocenters. The van der Waals surface area contributed by atoms with Crippen molar-refractivity contribution < 1.29 is 4.79 Å². The SMILES string of the molecule is CN(C)C(=O)C1(N)CCCCC1c1ccnc2ccccc12. The smallest absolute Gasteiger partial charge is 0.242 e. The van der Waals surface area contributed by atoms with Gasteiger partial charge in [0.2, 0.25) is 5.91 Å². The molecular formula is C18H23N3O. The van der Waals surface area contributed by atoms with Crippen molar-refractivity contribution in [1.29, 1.82) is 0 Å². The molecule has 1 saturated carbocycles. The standard InChI is InChI=1S/C18H23N3O/c1-21(2)17(22)18(19)11-6-5-8-15(18)13-10-12-20-16-9-4-3-7-14(13)16/h3-4,7,9-10,12,15H,5-6,8,11,19H2,1-2H3. The summed E-state index contributed by atoms with van der Waals surface area (Å²) in [5, 5.41) is 1.11. The number of para-hydroxylation sites is 1. The Morgan fingerprint density at radius 2 is 2.05 bits per heavy atom. The third-order valence-corrected chi connectivity index (χ3v) is 4.82. The van der Waals surface area contributed by atoms with E-state index in [1.165, 1.54) is 0 Å². The quantitative estimate of drug-likeness (QED) is 0.927. The van der Waals surface area contributed by atoms with Gasteiger partial charge in [0, 0.05) is 31.6 Å². The lowest BCUT2D eigenvalue weighted by Crippen LogP contribution is -2.58. The number of carbonyl (C=O) groups is 1. The van der Waals surface area contributed by atoms with Crippen LogP contribution in [0.1, 0.15) is 37.2 Å². The molecule has 3 rings (SSSR count). The van der Waals surface area contributed by atoms with Crippen LogP contribution in [0.25, 0.3) is 10.9 Å². The number of amides is 1. The number of aromatic nitrogens is 1. The van der Waals surface area contributed by atoms with Crippen LogP contribution in [0.5, 0.6) is 0 Å². The summed E-state index contributed by atoms with van der Waals surface area (Å²) in [4.78, 5) is 18.8. The van der Waals surface area contributed by atoms with Crippen molar-refractivity contribution >= 4 is 16.8 Å². The molecule has 2 unspecified atom stereocenters. The number of likely N-dealkylation sites (N-methyl/N-ethyl adjacent to an activating group) is 1. The van der Waals surface area contributed by atoms with Gasteiger partial charge in [-0.05, 0) is 30.5 Å². The van der Waals surface area contributed by atoms with Gasteiger partial charge in [-0.1, -0.05) is 31.0 Å². The van der Waals surface area contributed by atoms with E-state index in [1.807, 2.05) is 30.5 Å². The third-order valence-electron chi connectivity index (χ3n) is 4.82. The van der Waals surface area contributed by atoms with Crippen LogP contribution in [0.15, 0.2) is 36.5 Å². The monoisotopic (exact) mass is 297 g/mol. The zero-order valence-electron chi connectivity index (χ0n) is 13.2. The molecule has 4 heteroatoms. The van der Waals surface area contributed by atoms with Gasteiger partial charge in [0.15, 0.2) is 0 Å². The van der Waals surface area contributed by atoms with Crippen LogP contribution >= 0.6 is 0 Å². The predicted octanol–water partition coefficient (Wildman–Crippen LogP) is 2.68. The number of fused-ring (bicyclic) bond motifs is 1. The molecule has 1 amide bonds. The van der Waals surface area contributed by atoms with Crippen molar-refractivity contribution in [2.24, 2.45) is 5.73 Å². The fraction of sp³-hybridized carbons (Fsp3) is 0.444. The highest BCUT2D eigenvalue weighted by Crippen LogP contribution is 2.42. The van der Waals surface area contributed by atoms with Crippen LogP contribution < -0.4 is 5.73 Å². The average Bonchev–Trinajstić information content (AvgIpc) is 2.54. The Bertz CT molecular complexity index is 692. The first-order valence-electron chi connectivity index (χ1n) is 7.88. The van der Waals surface area contributed by atoms with E-state index in [0.29, 0.717) is 0 Å². The van der Waals surface area contributed by atoms with Gasteiger partial charge < -0.3 is 10.6 Å². The lowest BCUT2D eigenvalue weighted by Gasteiger charge is -2.42. The maximum absolute atomic E-state index is 12.7. The topological polar surface area (TPSA) is 59.2 Å². The molecule has 0 radical (unpaired) electrons. The minimum Gasteiger partial charge on any atom is -0.347 e. The zero-order chi connectivity index (χ0) is 15.7. The number of pyridine rings is 1. The lowest BCUT2D eigenvalue weighted by atomic mass is 9.69. The molecule has 1 fully saturated rings. The molecule has 1 aromatic carbocycles. The van der Waals surface area contributed by atoms with Crippen molar-refractivity contribution in [3.05, 3.63) is 42.1 Å². The second-order valence-electron chi connectivity index (χ2n) is 6.46. The number of hydrogen-bond acceptors (Lipinski definition) is 3. The lowest BCUT2D eigenvalue weighted by molar-refractivity contribution is -0.136. The largest absolute Gasteiger partial charge is 0.347 e. The van der Waals surface area contributed by atoms with Gasteiger partial charge in [0.1, 0.15) is 5.54 Å². The first kappa shape index (κ1) is 15.0. The minimum absolute atomic E-state index is 0.0260. The number of benzene rings is 1. The Balaban J connectivity index is 2.12. The summed E-state index contributed by atoms with van der Waals surface area (Å²) in [6.45, 7) is 0. The summed E-state index contributed by atoms with van der Waals surface area (Å²) in [6.07, 6.45) is 5.64. The maximum Gasteiger partial charge on any atom is 0.242 e. The first-order chi connectivity index (χ1) is 10.5. The number of nitrogens with zero attached hydrogens (tertiary/aromatic N) is 2. The summed E-state index contributed by atoms with van der Waals surface area (Å²) in [7, 11) is 3.57. The molecule has 0 aliphatic heterocycles. The van der Waals surface area contributed by atoms with Crippen molar-refractivity contribution in [3.8, 4) is 0 Å². The van der Waals surface area contributed by atoms with Gasteiger partial charge in [-0.3, -0.25) is 9.78 Å². The van der Waals surface area contributed by atoms with Crippen molar-refractivity contribution in [2.75, 3.05) is 14.1 Å². The molecule has 1 aliphatic carbocycles. The summed E-state index contributed by atoms with van der Waals surface area (Å²) in [5.74, 6) is 0.0714. The maximum atomic E-state index is 12.7. The van der Waals surface area contributed by atoms with Gasteiger partial charge in [-0.2, -0.15) is 0 Å². The molecule has 4 nitrogen and oxygen atoms in total. The molecule has 116 valence electrons. The van der Waals surface area contributed by atoms with Crippen LogP contribution in [-0.4, -0.2) is 35.4 Å². The minimum atomic E-state index is -0.814. The second-order valence-corrected chi connectivity index (χ2v) is 6.46. The molecule has 2 N–H and O–H groups in total. The van der Waals surface area contributed by atoms with E-state index >= 15 is 0 Å². The molecule has 1 aromatic heterocycles. The van der Waals surface area contributed by atoms with Gasteiger partial charge in [0.05, 0.1) is 5.52 Å². The van der Waals surface area contributed by atoms with E-state index in [9.17, 15) is 4.79 Å². The molecule has 22 heavy (non-hydrogen) atoms. The highest BCUT2D eigenvalue weighted by molar-refractivity contribution is 5.89. The molecule has 2 aromatic rings. The Kier molecular flexibility index (Phi) is 3.87. The van der Waals surface area contributed by atoms with Gasteiger partial charge in [-0.25, -0.2) is 0 Å². The molecule has 0 bridgehead atoms. The van der Waals surface area contributed by atoms with Crippen molar-refractivity contribution in [3.63, 3.8) is 0 Å². The molecule has 1 heterocycles. The fourth-order valence-electron chi connectivity index (χ4n) is 3.72. The van der Waals surface area contributed by atoms with Gasteiger partial charge in [0.25, 0.3) is 0 Å². The van der Waals surface area contributed by atoms with E-state index in [2.05, 4.69) is 11.1 Å². The Morgan fingerprint density at radius 3 is 2.82 bits per heavy atom. The predicted molar refractivity (Wildman–Crippen MR) is 88.6 cm³/mol. The van der Waals surface area contributed by atoms with Gasteiger partial charge >= 0.3 is 0 Å². The highest BCUT2D eigenvalue weighted by Gasteiger charge is 2.45. The second kappa shape index (κ2) is 5.69. The zero-order valence-corrected chi connectivity index (χ0v) is 13.2. The van der Waals surface area contributed by atoms with Crippen LogP contribution in [-0.2, 0) is 4.79 Å². The molecule has 0 saturated heterocycles. The van der Waals surface area contributed by atoms with Crippen molar-refractivity contribution in [1.82, 2.24) is 9.88 Å². The van der Waals surface area contributed by atoms with Crippen LogP contribution in [0.4, 0.5) is 0 Å². The number of nitrogens with two attached hydrogens (primary N) is 1. The Hall–Kier alpha value is -1.94. The summed E-state index contributed by atoms with van der Waals surface area (Å²) in [5.41, 5.74) is 7.96. The third kappa shape index (κ3) is 2.37. The fourth-order valence-corrected chi connectivity index (χ4v) is 3.72. The van der Waals surface area contributed by atoms with Crippen molar-refractivity contribution in [2.45, 2.75) is 37.1 Å². The summed E-state index contributed by atoms with van der Waals surface area (Å²) < 4.78 is 0. The molecule has 1 aliphatic rings. The normalized spacial score (nSPS) is 25.1. The van der Waals surface area contributed by atoms with E-state index in [0.717, 1.165) is 42.1 Å². The first-order valence-corrected chi connectivity index (χ1v) is 7.88. The molecular weight excluding hydrogens is 274 g/mol. The van der Waals surface area contributed by atoms with E-state index in [1.54, 1.807) is 19.0 Å². The number of rotatable bonds is 2. The van der Waals surface area contributed by atoms with Crippen LogP contribution in [0, 0.1) is 0 Å². The van der Waals surface area contributed by atoms with Crippen LogP contribution in [0.2, 0.25) is 0 Å². The van der Waals surface area contributed by atoms with Crippen LogP contribution in [0.3, 0.4) is 0 Å². The number of carbonyl (C=O) groups excluding carboxylic acids is 1. The Labute approximate surface area is 131 Å². The van der Waals surface area contributed by atoms with E-state index in [4.69, 9.17) is 5.73 Å². The highest BCUT2D eigenvalue weighted by atomic mass is 16.2. The van der Waals surface area contributed by atoms with E-state index in [-0.39, 0.29) is 11.8 Å². The molecule has 0 spiro atoms. The Morgan fingerprint density at radius 1 is 1.27 bits per heavy atom. The summed E-state index contributed by atoms with van der Waals surface area (Å²) >= 11 is 0. The average molecular weight is 297 g/mol. The number of hydrogen-bond donors (Lipinski definition) is 1. The summed E-state index contributed by atoms with van der Waals surface area (Å²) in [6, 6.07) is 10.1.